The molecule has 154 valence electrons. The molecule has 0 saturated carbocycles. The zero-order valence-electron chi connectivity index (χ0n) is 17.3. The number of nitrogens with one attached hydrogen (secondary N) is 4. The van der Waals surface area contributed by atoms with Crippen molar-refractivity contribution in [3.8, 4) is 0 Å². The number of aryl methyl sites for hydroxylation is 2. The second kappa shape index (κ2) is 9.30. The Hall–Kier alpha value is -1.55. The van der Waals surface area contributed by atoms with Gasteiger partial charge in [0.05, 0.1) is 52.2 Å². The van der Waals surface area contributed by atoms with Gasteiger partial charge < -0.3 is 25.0 Å². The number of hydrogen-bond donors (Lipinski definition) is 4. The van der Waals surface area contributed by atoms with E-state index in [9.17, 15) is 4.79 Å². The number of aromatic amines is 1. The third-order valence-corrected chi connectivity index (χ3v) is 6.90. The van der Waals surface area contributed by atoms with Crippen LogP contribution < -0.4 is 20.7 Å². The number of aromatic nitrogens is 2. The molecule has 3 rings (SSSR count). The normalized spacial score (nSPS) is 15.5. The largest absolute Gasteiger partial charge is 0.362 e. The van der Waals surface area contributed by atoms with E-state index < -0.39 is 0 Å². The van der Waals surface area contributed by atoms with Crippen LogP contribution in [0.15, 0.2) is 4.79 Å². The van der Waals surface area contributed by atoms with Crippen LogP contribution in [0.4, 0.5) is 0 Å². The molecule has 0 bridgehead atoms. The van der Waals surface area contributed by atoms with Crippen molar-refractivity contribution in [2.75, 3.05) is 53.4 Å². The van der Waals surface area contributed by atoms with Crippen LogP contribution in [0.25, 0.3) is 10.2 Å². The Morgan fingerprint density at radius 3 is 2.75 bits per heavy atom. The molecule has 0 aliphatic carbocycles. The van der Waals surface area contributed by atoms with Gasteiger partial charge in [0.2, 0.25) is 0 Å². The Balaban J connectivity index is 1.51. The minimum atomic E-state index is -0.00942. The Morgan fingerprint density at radius 1 is 1.36 bits per heavy atom. The molecule has 0 amide bonds. The first-order valence-electron chi connectivity index (χ1n) is 9.99. The van der Waals surface area contributed by atoms with Gasteiger partial charge in [0.25, 0.3) is 5.56 Å². The molecule has 0 spiro atoms. The maximum Gasteiger partial charge on any atom is 0.260 e. The minimum absolute atomic E-state index is 0.00942. The fourth-order valence-electron chi connectivity index (χ4n) is 3.57. The average Bonchev–Trinajstić information content (AvgIpc) is 2.93. The Labute approximate surface area is 175 Å². The van der Waals surface area contributed by atoms with E-state index in [1.807, 2.05) is 13.8 Å². The molecule has 1 aliphatic rings. The van der Waals surface area contributed by atoms with Crippen molar-refractivity contribution >= 4 is 38.9 Å². The molecule has 1 aliphatic heterocycles. The Kier molecular flexibility index (Phi) is 7.03. The van der Waals surface area contributed by atoms with Crippen LogP contribution in [0.5, 0.6) is 0 Å². The predicted octanol–water partition coefficient (Wildman–Crippen LogP) is -1.29. The van der Waals surface area contributed by atoms with Crippen molar-refractivity contribution in [1.82, 2.24) is 20.2 Å². The first-order chi connectivity index (χ1) is 13.3. The van der Waals surface area contributed by atoms with Crippen LogP contribution >= 0.6 is 23.6 Å². The van der Waals surface area contributed by atoms with Crippen LogP contribution in [-0.2, 0) is 6.54 Å². The molecule has 3 heterocycles. The second-order valence-electron chi connectivity index (χ2n) is 7.93. The molecule has 0 radical (unpaired) electrons. The number of thiocarbonyl (C=S) groups is 1. The Morgan fingerprint density at radius 2 is 2.07 bits per heavy atom. The summed E-state index contributed by atoms with van der Waals surface area (Å²) in [6.07, 6.45) is 1.12. The highest BCUT2D eigenvalue weighted by atomic mass is 32.1. The summed E-state index contributed by atoms with van der Waals surface area (Å²) in [5.41, 5.74) is 1.04. The van der Waals surface area contributed by atoms with E-state index in [0.29, 0.717) is 0 Å². The van der Waals surface area contributed by atoms with Crippen molar-refractivity contribution in [3.05, 3.63) is 26.6 Å². The van der Waals surface area contributed by atoms with Gasteiger partial charge in [-0.1, -0.05) is 0 Å². The zero-order chi connectivity index (χ0) is 20.3. The molecule has 0 aromatic carbocycles. The summed E-state index contributed by atoms with van der Waals surface area (Å²) in [7, 11) is 4.34. The third-order valence-electron chi connectivity index (χ3n) is 5.39. The first-order valence-corrected chi connectivity index (χ1v) is 11.2. The highest BCUT2D eigenvalue weighted by Crippen LogP contribution is 2.25. The van der Waals surface area contributed by atoms with Crippen LogP contribution in [-0.4, -0.2) is 73.3 Å². The monoisotopic (exact) mass is 424 g/mol. The summed E-state index contributed by atoms with van der Waals surface area (Å²) in [5.74, 6) is 0.786. The maximum absolute atomic E-state index is 12.5. The van der Waals surface area contributed by atoms with Crippen LogP contribution in [0.1, 0.15) is 22.7 Å². The van der Waals surface area contributed by atoms with E-state index in [1.54, 1.807) is 11.3 Å². The number of nitrogens with zero attached hydrogens (tertiary/aromatic N) is 2. The molecule has 0 unspecified atom stereocenters. The summed E-state index contributed by atoms with van der Waals surface area (Å²) in [6.45, 7) is 10.7. The van der Waals surface area contributed by atoms with Crippen molar-refractivity contribution in [3.63, 3.8) is 0 Å². The van der Waals surface area contributed by atoms with Gasteiger partial charge in [-0.25, -0.2) is 4.98 Å². The smallest absolute Gasteiger partial charge is 0.260 e. The van der Waals surface area contributed by atoms with Gasteiger partial charge in [0, 0.05) is 17.8 Å². The molecule has 4 N–H and O–H groups in total. The lowest BCUT2D eigenvalue weighted by Gasteiger charge is -2.33. The second-order valence-corrected chi connectivity index (χ2v) is 9.52. The third kappa shape index (κ3) is 5.08. The molecule has 2 aromatic rings. The number of piperazine rings is 1. The highest BCUT2D eigenvalue weighted by molar-refractivity contribution is 7.80. The molecule has 1 saturated heterocycles. The molecule has 9 heteroatoms. The van der Waals surface area contributed by atoms with Gasteiger partial charge in [-0.3, -0.25) is 4.79 Å². The SMILES string of the molecule is Cc1sc2nc(C[NH+]3CCN(C(=S)NCCC[NH+](C)C)CC3)[nH]c(=O)c2c1C. The molecule has 1 fully saturated rings. The zero-order valence-corrected chi connectivity index (χ0v) is 18.9. The molecular weight excluding hydrogens is 392 g/mol. The molecule has 2 aromatic heterocycles. The summed E-state index contributed by atoms with van der Waals surface area (Å²) >= 11 is 7.16. The van der Waals surface area contributed by atoms with Crippen LogP contribution in [0, 0.1) is 13.8 Å². The number of hydrogen-bond acceptors (Lipinski definition) is 4. The number of quaternary nitrogens is 2. The van der Waals surface area contributed by atoms with E-state index in [4.69, 9.17) is 17.2 Å². The summed E-state index contributed by atoms with van der Waals surface area (Å²) < 4.78 is 0. The lowest BCUT2D eigenvalue weighted by atomic mass is 10.2. The minimum Gasteiger partial charge on any atom is -0.362 e. The van der Waals surface area contributed by atoms with Gasteiger partial charge in [-0.15, -0.1) is 11.3 Å². The summed E-state index contributed by atoms with van der Waals surface area (Å²) in [6, 6.07) is 0. The van der Waals surface area contributed by atoms with Gasteiger partial charge in [0.15, 0.2) is 10.9 Å². The van der Waals surface area contributed by atoms with Gasteiger partial charge in [-0.2, -0.15) is 0 Å². The number of thiophene rings is 1. The number of H-pyrrole nitrogens is 1. The molecule has 0 atom stereocenters. The van der Waals surface area contributed by atoms with Crippen molar-refractivity contribution in [2.24, 2.45) is 0 Å². The fraction of sp³-hybridized carbons (Fsp3) is 0.632. The number of rotatable bonds is 6. The Bertz CT molecular complexity index is 882. The van der Waals surface area contributed by atoms with Crippen molar-refractivity contribution < 1.29 is 9.80 Å². The number of fused-ring (bicyclic) bond motifs is 1. The van der Waals surface area contributed by atoms with E-state index in [1.165, 1.54) is 14.7 Å². The summed E-state index contributed by atoms with van der Waals surface area (Å²) in [5, 5.41) is 5.00. The fourth-order valence-corrected chi connectivity index (χ4v) is 4.91. The maximum atomic E-state index is 12.5. The van der Waals surface area contributed by atoms with E-state index >= 15 is 0 Å². The molecule has 7 nitrogen and oxygen atoms in total. The van der Waals surface area contributed by atoms with Crippen molar-refractivity contribution in [2.45, 2.75) is 26.8 Å². The van der Waals surface area contributed by atoms with E-state index in [-0.39, 0.29) is 5.56 Å². The van der Waals surface area contributed by atoms with Crippen molar-refractivity contribution in [1.29, 1.82) is 0 Å². The summed E-state index contributed by atoms with van der Waals surface area (Å²) in [4.78, 5) is 27.3. The quantitative estimate of drug-likeness (QED) is 0.343. The highest BCUT2D eigenvalue weighted by Gasteiger charge is 2.23. The van der Waals surface area contributed by atoms with E-state index in [0.717, 1.165) is 79.0 Å². The predicted molar refractivity (Wildman–Crippen MR) is 119 cm³/mol. The van der Waals surface area contributed by atoms with Gasteiger partial charge in [0.1, 0.15) is 11.4 Å². The van der Waals surface area contributed by atoms with Gasteiger partial charge >= 0.3 is 0 Å². The van der Waals surface area contributed by atoms with E-state index in [2.05, 4.69) is 29.3 Å². The van der Waals surface area contributed by atoms with Crippen LogP contribution in [0.2, 0.25) is 0 Å². The van der Waals surface area contributed by atoms with Gasteiger partial charge in [-0.05, 0) is 31.6 Å². The molecule has 28 heavy (non-hydrogen) atoms. The topological polar surface area (TPSA) is 69.9 Å². The standard InChI is InChI=1S/C19H30N6OS2/c1-13-14(2)28-18-16(13)17(26)21-15(22-18)12-24-8-10-25(11-9-24)19(27)20-6-5-7-23(3)4/h5-12H2,1-4H3,(H,20,27)(H,21,22,26)/p+2. The van der Waals surface area contributed by atoms with Crippen LogP contribution in [0.3, 0.4) is 0 Å². The first kappa shape index (κ1) is 21.2. The molecular formula is C19H32N6OS2+2. The lowest BCUT2D eigenvalue weighted by molar-refractivity contribution is -0.918. The lowest BCUT2D eigenvalue weighted by Crippen LogP contribution is -3.13. The average molecular weight is 425 g/mol.